The number of benzene rings is 2. The minimum atomic E-state index is -0.891. The first kappa shape index (κ1) is 34.6. The van der Waals surface area contributed by atoms with Gasteiger partial charge in [0.05, 0.1) is 10.9 Å². The summed E-state index contributed by atoms with van der Waals surface area (Å²) in [5.41, 5.74) is 0.0321. The van der Waals surface area contributed by atoms with Gasteiger partial charge in [0.25, 0.3) is 0 Å². The van der Waals surface area contributed by atoms with Gasteiger partial charge in [0.2, 0.25) is 0 Å². The van der Waals surface area contributed by atoms with E-state index in [9.17, 15) is 9.50 Å². The zero-order valence-electron chi connectivity index (χ0n) is 26.1. The molecule has 2 saturated heterocycles. The number of ether oxygens (including phenoxy) is 1. The van der Waals surface area contributed by atoms with Gasteiger partial charge in [-0.1, -0.05) is 23.7 Å². The van der Waals surface area contributed by atoms with Crippen molar-refractivity contribution in [2.45, 2.75) is 55.8 Å². The molecule has 0 amide bonds. The fraction of sp³-hybridized carbons (Fsp3) is 0.485. The molecule has 2 aliphatic heterocycles. The first-order valence-electron chi connectivity index (χ1n) is 15.3. The van der Waals surface area contributed by atoms with Crippen molar-refractivity contribution >= 4 is 63.9 Å². The van der Waals surface area contributed by atoms with Crippen LogP contribution in [0.4, 0.5) is 14.6 Å². The number of phenols is 1. The maximum atomic E-state index is 16.7. The van der Waals surface area contributed by atoms with Gasteiger partial charge < -0.3 is 19.6 Å². The van der Waals surface area contributed by atoms with Crippen LogP contribution in [0.1, 0.15) is 38.5 Å². The molecule has 0 radical (unpaired) electrons. The van der Waals surface area contributed by atoms with Crippen LogP contribution in [0.3, 0.4) is 0 Å². The average Bonchev–Trinajstić information content (AvgIpc) is 3.48. The van der Waals surface area contributed by atoms with Crippen molar-refractivity contribution in [1.29, 1.82) is 0 Å². The second kappa shape index (κ2) is 13.0. The molecule has 0 spiro atoms. The molecule has 3 fully saturated rings. The van der Waals surface area contributed by atoms with Crippen LogP contribution in [0.5, 0.6) is 11.8 Å². The van der Waals surface area contributed by atoms with Crippen molar-refractivity contribution in [3.05, 3.63) is 47.4 Å². The number of anilines is 1. The molecule has 0 unspecified atom stereocenters. The predicted octanol–water partition coefficient (Wildman–Crippen LogP) is 7.06. The summed E-state index contributed by atoms with van der Waals surface area (Å²) in [5, 5.41) is 12.6. The summed E-state index contributed by atoms with van der Waals surface area (Å²) in [6.07, 6.45) is 6.19. The highest BCUT2D eigenvalue weighted by Gasteiger charge is 2.49. The van der Waals surface area contributed by atoms with Crippen molar-refractivity contribution < 1.29 is 18.6 Å². The number of aromatic hydroxyl groups is 1. The van der Waals surface area contributed by atoms with E-state index in [1.165, 1.54) is 6.07 Å². The predicted molar refractivity (Wildman–Crippen MR) is 183 cm³/mol. The van der Waals surface area contributed by atoms with E-state index in [1.807, 2.05) is 18.0 Å². The van der Waals surface area contributed by atoms with Crippen molar-refractivity contribution in [3.63, 3.8) is 0 Å². The summed E-state index contributed by atoms with van der Waals surface area (Å²) in [7, 11) is 6.13. The number of alkyl halides is 1. The van der Waals surface area contributed by atoms with Gasteiger partial charge in [0.1, 0.15) is 35.6 Å². The second-order valence-corrected chi connectivity index (χ2v) is 13.4. The Bertz CT molecular complexity index is 1760. The number of rotatable bonds is 8. The van der Waals surface area contributed by atoms with Gasteiger partial charge in [-0.3, -0.25) is 9.88 Å². The van der Waals surface area contributed by atoms with Crippen LogP contribution in [0.25, 0.3) is 32.9 Å². The second-order valence-electron chi connectivity index (χ2n) is 13.0. The molecule has 46 heavy (non-hydrogen) atoms. The normalized spacial score (nSPS) is 21.9. The molecular weight excluding hydrogens is 657 g/mol. The molecule has 1 N–H and O–H groups in total. The summed E-state index contributed by atoms with van der Waals surface area (Å²) < 4.78 is 37.4. The van der Waals surface area contributed by atoms with E-state index in [0.29, 0.717) is 52.1 Å². The van der Waals surface area contributed by atoms with Gasteiger partial charge in [-0.15, -0.1) is 24.8 Å². The number of fused-ring (bicyclic) bond motifs is 3. The number of phenolic OH excluding ortho intramolecular Hbond substituents is 1. The highest BCUT2D eigenvalue weighted by Crippen LogP contribution is 2.43. The Morgan fingerprint density at radius 2 is 1.89 bits per heavy atom. The molecule has 2 atom stereocenters. The Balaban J connectivity index is 0.00000208. The Kier molecular flexibility index (Phi) is 9.80. The highest BCUT2D eigenvalue weighted by atomic mass is 35.5. The number of hydrogen-bond donors (Lipinski definition) is 1. The lowest BCUT2D eigenvalue weighted by atomic mass is 9.75. The fourth-order valence-corrected chi connectivity index (χ4v) is 7.90. The van der Waals surface area contributed by atoms with Gasteiger partial charge in [-0.25, -0.2) is 8.78 Å². The molecule has 4 aromatic rings. The first-order chi connectivity index (χ1) is 21.1. The molecule has 1 saturated carbocycles. The van der Waals surface area contributed by atoms with Gasteiger partial charge in [0, 0.05) is 54.3 Å². The number of halogens is 5. The van der Waals surface area contributed by atoms with E-state index in [1.54, 1.807) is 24.4 Å². The summed E-state index contributed by atoms with van der Waals surface area (Å²) in [5.74, 6) is -0.168. The number of pyridine rings is 1. The topological polar surface area (TPSA) is 77.9 Å². The van der Waals surface area contributed by atoms with Crippen LogP contribution in [0.15, 0.2) is 36.5 Å². The molecule has 248 valence electrons. The molecule has 3 aliphatic rings. The minimum absolute atomic E-state index is 0. The molecule has 4 heterocycles. The van der Waals surface area contributed by atoms with Gasteiger partial charge in [-0.2, -0.15) is 9.97 Å². The zero-order chi connectivity index (χ0) is 30.8. The molecule has 1 aliphatic carbocycles. The average molecular weight is 696 g/mol. The van der Waals surface area contributed by atoms with Crippen LogP contribution in [0.2, 0.25) is 5.02 Å². The van der Waals surface area contributed by atoms with Crippen LogP contribution in [-0.2, 0) is 0 Å². The summed E-state index contributed by atoms with van der Waals surface area (Å²) in [4.78, 5) is 20.4. The van der Waals surface area contributed by atoms with Crippen molar-refractivity contribution in [1.82, 2.24) is 24.8 Å². The standard InChI is InChI=1S/C33H37ClF2N6O2.2ClH/c1-40(2)32(9-5-10-32)18-41(3)30-24-16-37-28(23-14-22(43)13-20-7-4-8-25(34)26(20)23)27(36)29(24)38-31(39-30)44-19-33-11-6-12-42(33)17-21(35)15-33;;/h4,7-8,13-14,16,21,43H,5-6,9-12,15,17-19H2,1-3H3;2*1H/t21-,33+;;/m1../s1. The molecular formula is C33H39Cl3F2N6O2. The Morgan fingerprint density at radius 3 is 2.61 bits per heavy atom. The quantitative estimate of drug-likeness (QED) is 0.210. The van der Waals surface area contributed by atoms with Gasteiger partial charge in [0.15, 0.2) is 5.82 Å². The van der Waals surface area contributed by atoms with E-state index in [4.69, 9.17) is 21.3 Å². The van der Waals surface area contributed by atoms with Crippen molar-refractivity contribution in [2.24, 2.45) is 0 Å². The first-order valence-corrected chi connectivity index (χ1v) is 15.7. The van der Waals surface area contributed by atoms with Crippen molar-refractivity contribution in [3.8, 4) is 23.0 Å². The molecule has 2 aromatic heterocycles. The SMILES string of the molecule is CN(CC1(N(C)C)CCC1)c1nc(OC[C@@]23CCCN2C[C@H](F)C3)nc2c(F)c(-c3cc(O)cc4cccc(Cl)c34)ncc12.Cl.Cl. The van der Waals surface area contributed by atoms with Crippen LogP contribution in [0, 0.1) is 5.82 Å². The van der Waals surface area contributed by atoms with Crippen LogP contribution < -0.4 is 9.64 Å². The lowest BCUT2D eigenvalue weighted by Crippen LogP contribution is -2.56. The van der Waals surface area contributed by atoms with Gasteiger partial charge in [-0.05, 0) is 76.3 Å². The third-order valence-corrected chi connectivity index (χ3v) is 10.5. The van der Waals surface area contributed by atoms with E-state index in [0.717, 1.165) is 38.6 Å². The zero-order valence-corrected chi connectivity index (χ0v) is 28.5. The fourth-order valence-electron chi connectivity index (χ4n) is 7.61. The minimum Gasteiger partial charge on any atom is -0.508 e. The molecule has 8 nitrogen and oxygen atoms in total. The molecule has 0 bridgehead atoms. The maximum Gasteiger partial charge on any atom is 0.319 e. The Labute approximate surface area is 284 Å². The van der Waals surface area contributed by atoms with Crippen LogP contribution in [-0.4, -0.2) is 94.5 Å². The van der Waals surface area contributed by atoms with E-state index in [2.05, 4.69) is 33.9 Å². The van der Waals surface area contributed by atoms with E-state index >= 15 is 4.39 Å². The molecule has 7 rings (SSSR count). The van der Waals surface area contributed by atoms with E-state index < -0.39 is 17.5 Å². The van der Waals surface area contributed by atoms with Gasteiger partial charge >= 0.3 is 6.01 Å². The number of likely N-dealkylation sites (N-methyl/N-ethyl adjacent to an activating group) is 2. The summed E-state index contributed by atoms with van der Waals surface area (Å²) >= 11 is 6.57. The smallest absolute Gasteiger partial charge is 0.319 e. The monoisotopic (exact) mass is 694 g/mol. The number of aromatic nitrogens is 3. The van der Waals surface area contributed by atoms with Crippen LogP contribution >= 0.6 is 36.4 Å². The summed E-state index contributed by atoms with van der Waals surface area (Å²) in [6, 6.07) is 8.41. The Morgan fingerprint density at radius 1 is 1.11 bits per heavy atom. The largest absolute Gasteiger partial charge is 0.508 e. The Hall–Kier alpha value is -2.76. The molecule has 13 heteroatoms. The highest BCUT2D eigenvalue weighted by molar-refractivity contribution is 6.36. The third kappa shape index (κ3) is 5.81. The third-order valence-electron chi connectivity index (χ3n) is 10.2. The lowest BCUT2D eigenvalue weighted by Gasteiger charge is -2.49. The number of nitrogens with zero attached hydrogens (tertiary/aromatic N) is 6. The molecule has 2 aromatic carbocycles. The summed E-state index contributed by atoms with van der Waals surface area (Å²) in [6.45, 7) is 2.17. The van der Waals surface area contributed by atoms with E-state index in [-0.39, 0.29) is 59.9 Å². The lowest BCUT2D eigenvalue weighted by molar-refractivity contribution is 0.0681. The maximum absolute atomic E-state index is 16.7. The number of hydrogen-bond acceptors (Lipinski definition) is 8. The van der Waals surface area contributed by atoms with Crippen molar-refractivity contribution in [2.75, 3.05) is 52.3 Å².